The number of ether oxygens (including phenoxy) is 1. The van der Waals surface area contributed by atoms with Crippen molar-refractivity contribution in [2.75, 3.05) is 7.11 Å². The zero-order valence-electron chi connectivity index (χ0n) is 17.6. The Labute approximate surface area is 185 Å². The monoisotopic (exact) mass is 489 g/mol. The number of aliphatic carboxylic acids is 2. The first kappa shape index (κ1) is 25.9. The maximum Gasteiger partial charge on any atom is 0.328 e. The Kier molecular flexibility index (Phi) is 10.5. The number of para-hydroxylation sites is 1. The van der Waals surface area contributed by atoms with Gasteiger partial charge in [0.05, 0.1) is 0 Å². The van der Waals surface area contributed by atoms with Crippen molar-refractivity contribution in [1.29, 1.82) is 5.26 Å². The Hall–Kier alpha value is -3.10. The second-order valence-electron chi connectivity index (χ2n) is 6.76. The molecule has 1 unspecified atom stereocenters. The SMILES string of the molecule is COc1ccccc1C(C#N)(CC[As](C)C)c1ccccc1F.O=C(O)/C=C/C(=O)O. The predicted octanol–water partition coefficient (Wildman–Crippen LogP) is 4.50. The molecule has 0 amide bonds. The normalized spacial score (nSPS) is 12.4. The van der Waals surface area contributed by atoms with Gasteiger partial charge in [-0.3, -0.25) is 0 Å². The van der Waals surface area contributed by atoms with E-state index in [-0.39, 0.29) is 5.82 Å². The molecule has 0 radical (unpaired) electrons. The molecule has 2 rings (SSSR count). The topological polar surface area (TPSA) is 108 Å². The van der Waals surface area contributed by atoms with Gasteiger partial charge in [-0.1, -0.05) is 0 Å². The van der Waals surface area contributed by atoms with Crippen LogP contribution in [0, 0.1) is 17.1 Å². The number of carboxylic acid groups (broad SMARTS) is 2. The average Bonchev–Trinajstić information content (AvgIpc) is 2.74. The van der Waals surface area contributed by atoms with Gasteiger partial charge in [-0.05, 0) is 0 Å². The van der Waals surface area contributed by atoms with E-state index in [1.807, 2.05) is 24.3 Å². The quantitative estimate of drug-likeness (QED) is 0.418. The van der Waals surface area contributed by atoms with Crippen molar-refractivity contribution in [3.8, 4) is 11.8 Å². The molecule has 6 nitrogen and oxygen atoms in total. The summed E-state index contributed by atoms with van der Waals surface area (Å²) in [7, 11) is 1.58. The number of hydrogen-bond acceptors (Lipinski definition) is 4. The molecule has 0 aromatic heterocycles. The smallest absolute Gasteiger partial charge is 0.328 e. The number of nitriles is 1. The summed E-state index contributed by atoms with van der Waals surface area (Å²) in [5.74, 6) is -2.23. The zero-order chi connectivity index (χ0) is 23.4. The Bertz CT molecular complexity index is 954. The van der Waals surface area contributed by atoms with Crippen LogP contribution in [-0.4, -0.2) is 43.9 Å². The van der Waals surface area contributed by atoms with Gasteiger partial charge in [-0.15, -0.1) is 0 Å². The van der Waals surface area contributed by atoms with E-state index in [1.165, 1.54) is 6.07 Å². The number of hydrogen-bond donors (Lipinski definition) is 2. The van der Waals surface area contributed by atoms with Gasteiger partial charge in [0, 0.05) is 12.2 Å². The van der Waals surface area contributed by atoms with Crippen molar-refractivity contribution in [2.24, 2.45) is 0 Å². The maximum absolute atomic E-state index is 14.5. The van der Waals surface area contributed by atoms with Crippen LogP contribution in [0.2, 0.25) is 16.6 Å². The molecular formula is C23H25AsFNO5. The van der Waals surface area contributed by atoms with Gasteiger partial charge in [-0.2, -0.15) is 0 Å². The first-order valence-electron chi connectivity index (χ1n) is 9.26. The predicted molar refractivity (Wildman–Crippen MR) is 117 cm³/mol. The first-order chi connectivity index (χ1) is 14.7. The fourth-order valence-corrected chi connectivity index (χ4v) is 4.57. The molecule has 2 aromatic carbocycles. The van der Waals surface area contributed by atoms with Crippen LogP contribution >= 0.6 is 0 Å². The van der Waals surface area contributed by atoms with Gasteiger partial charge in [0.25, 0.3) is 0 Å². The number of benzene rings is 2. The van der Waals surface area contributed by atoms with Crippen LogP contribution in [0.25, 0.3) is 0 Å². The van der Waals surface area contributed by atoms with E-state index in [0.717, 1.165) is 10.8 Å². The summed E-state index contributed by atoms with van der Waals surface area (Å²) in [4.78, 5) is 19.1. The molecule has 0 saturated heterocycles. The molecule has 1 atom stereocenters. The molecule has 0 fully saturated rings. The molecule has 0 saturated carbocycles. The van der Waals surface area contributed by atoms with Gasteiger partial charge >= 0.3 is 154 Å². The van der Waals surface area contributed by atoms with Crippen molar-refractivity contribution in [3.63, 3.8) is 0 Å². The van der Waals surface area contributed by atoms with Gasteiger partial charge in [0.1, 0.15) is 0 Å². The van der Waals surface area contributed by atoms with Crippen LogP contribution in [0.4, 0.5) is 4.39 Å². The number of nitrogens with zero attached hydrogens (tertiary/aromatic N) is 1. The number of halogens is 1. The summed E-state index contributed by atoms with van der Waals surface area (Å²) < 4.78 is 20.0. The van der Waals surface area contributed by atoms with Crippen molar-refractivity contribution < 1.29 is 28.9 Å². The van der Waals surface area contributed by atoms with E-state index in [4.69, 9.17) is 14.9 Å². The standard InChI is InChI=1S/C19H21AsFNO.C4H4O4/c1-20(2)13-12-19(14-22,15-8-4-6-10-17(15)21)16-9-5-7-11-18(16)23-3;5-3(6)1-2-4(7)8/h4-11H,12-13H2,1-3H3;1-2H,(H,5,6)(H,7,8)/b;2-1+. The third-order valence-corrected chi connectivity index (χ3v) is 6.74. The number of carbonyl (C=O) groups is 2. The van der Waals surface area contributed by atoms with E-state index >= 15 is 0 Å². The Morgan fingerprint density at radius 2 is 1.58 bits per heavy atom. The molecule has 8 heteroatoms. The van der Waals surface area contributed by atoms with E-state index in [1.54, 1.807) is 25.3 Å². The van der Waals surface area contributed by atoms with Crippen LogP contribution in [0.3, 0.4) is 0 Å². The van der Waals surface area contributed by atoms with E-state index in [2.05, 4.69) is 17.5 Å². The molecule has 2 aromatic rings. The third kappa shape index (κ3) is 7.58. The van der Waals surface area contributed by atoms with Crippen molar-refractivity contribution in [3.05, 3.63) is 77.6 Å². The average molecular weight is 489 g/mol. The summed E-state index contributed by atoms with van der Waals surface area (Å²) in [6, 6.07) is 16.4. The Morgan fingerprint density at radius 1 is 1.06 bits per heavy atom. The van der Waals surface area contributed by atoms with Gasteiger partial charge in [0.15, 0.2) is 0 Å². The Balaban J connectivity index is 0.000000512. The van der Waals surface area contributed by atoms with Gasteiger partial charge in [0.2, 0.25) is 0 Å². The molecule has 0 bridgehead atoms. The molecule has 31 heavy (non-hydrogen) atoms. The minimum Gasteiger partial charge on any atom is -0.478 e. The molecule has 0 aliphatic carbocycles. The molecule has 0 spiro atoms. The fourth-order valence-electron chi connectivity index (χ4n) is 2.93. The maximum atomic E-state index is 14.5. The molecule has 164 valence electrons. The van der Waals surface area contributed by atoms with Crippen LogP contribution in [-0.2, 0) is 15.0 Å². The van der Waals surface area contributed by atoms with Crippen LogP contribution in [0.1, 0.15) is 17.5 Å². The molecule has 0 aliphatic rings. The van der Waals surface area contributed by atoms with Crippen molar-refractivity contribution in [1.82, 2.24) is 0 Å². The van der Waals surface area contributed by atoms with Crippen LogP contribution < -0.4 is 4.74 Å². The first-order valence-corrected chi connectivity index (χ1v) is 14.3. The minimum atomic E-state index is -1.26. The molecule has 2 N–H and O–H groups in total. The summed E-state index contributed by atoms with van der Waals surface area (Å²) in [6.07, 6.45) is 1.72. The third-order valence-electron chi connectivity index (χ3n) is 4.39. The second kappa shape index (κ2) is 12.6. The van der Waals surface area contributed by atoms with Crippen LogP contribution in [0.15, 0.2) is 60.7 Å². The summed E-state index contributed by atoms with van der Waals surface area (Å²) in [6.45, 7) is 0. The molecule has 0 aliphatic heterocycles. The Morgan fingerprint density at radius 3 is 2.03 bits per heavy atom. The zero-order valence-corrected chi connectivity index (χ0v) is 19.5. The van der Waals surface area contributed by atoms with Crippen LogP contribution in [0.5, 0.6) is 5.75 Å². The number of carboxylic acids is 2. The van der Waals surface area contributed by atoms with Crippen molar-refractivity contribution >= 4 is 26.6 Å². The van der Waals surface area contributed by atoms with E-state index in [9.17, 15) is 19.2 Å². The molecular weight excluding hydrogens is 464 g/mol. The number of rotatable bonds is 8. The van der Waals surface area contributed by atoms with E-state index < -0.39 is 32.0 Å². The van der Waals surface area contributed by atoms with E-state index in [0.29, 0.717) is 29.9 Å². The largest absolute Gasteiger partial charge is 0.478 e. The summed E-state index contributed by atoms with van der Waals surface area (Å²) >= 11 is -0.951. The fraction of sp³-hybridized carbons (Fsp3) is 0.261. The second-order valence-corrected chi connectivity index (χ2v) is 12.2. The van der Waals surface area contributed by atoms with Gasteiger partial charge < -0.3 is 10.2 Å². The molecule has 0 heterocycles. The summed E-state index contributed by atoms with van der Waals surface area (Å²) in [5.41, 5.74) is 4.66. The number of methoxy groups -OCH3 is 1. The van der Waals surface area contributed by atoms with Gasteiger partial charge in [-0.25, -0.2) is 9.59 Å². The van der Waals surface area contributed by atoms with Crippen molar-refractivity contribution in [2.45, 2.75) is 28.5 Å². The summed E-state index contributed by atoms with van der Waals surface area (Å²) in [5, 5.41) is 26.7. The minimum absolute atomic E-state index is 0.341.